The van der Waals surface area contributed by atoms with Gasteiger partial charge < -0.3 is 20.9 Å². The van der Waals surface area contributed by atoms with E-state index in [1.807, 2.05) is 12.1 Å². The lowest BCUT2D eigenvalue weighted by Crippen LogP contribution is -2.51. The van der Waals surface area contributed by atoms with Gasteiger partial charge in [0, 0.05) is 92.4 Å². The molecule has 2 aliphatic heterocycles. The number of piperidine rings is 1. The number of rotatable bonds is 7. The minimum absolute atomic E-state index is 0.635. The predicted octanol–water partition coefficient (Wildman–Crippen LogP) is 4.00. The number of benzene rings is 2. The van der Waals surface area contributed by atoms with Crippen LogP contribution in [0.2, 0.25) is 0 Å². The van der Waals surface area contributed by atoms with Crippen molar-refractivity contribution in [3.8, 4) is 11.3 Å². The molecule has 0 saturated carbocycles. The molecule has 3 aromatic rings. The molecular weight excluding hydrogens is 420 g/mol. The van der Waals surface area contributed by atoms with Gasteiger partial charge in [-0.2, -0.15) is 0 Å². The lowest BCUT2D eigenvalue weighted by molar-refractivity contribution is 0.108. The summed E-state index contributed by atoms with van der Waals surface area (Å²) in [5.41, 5.74) is 11.5. The highest BCUT2D eigenvalue weighted by Gasteiger charge is 2.21. The molecule has 6 nitrogen and oxygen atoms in total. The van der Waals surface area contributed by atoms with E-state index in [1.54, 1.807) is 0 Å². The van der Waals surface area contributed by atoms with Crippen molar-refractivity contribution in [2.24, 2.45) is 0 Å². The number of aromatic amines is 1. The van der Waals surface area contributed by atoms with E-state index in [0.29, 0.717) is 12.1 Å². The first-order valence-electron chi connectivity index (χ1n) is 13.0. The Labute approximate surface area is 204 Å². The van der Waals surface area contributed by atoms with E-state index in [1.165, 1.54) is 62.2 Å². The van der Waals surface area contributed by atoms with E-state index in [2.05, 4.69) is 75.2 Å². The van der Waals surface area contributed by atoms with Gasteiger partial charge in [0.15, 0.2) is 0 Å². The first-order valence-corrected chi connectivity index (χ1v) is 13.0. The molecule has 0 unspecified atom stereocenters. The Hall–Kier alpha value is -2.54. The normalized spacial score (nSPS) is 18.9. The van der Waals surface area contributed by atoms with Gasteiger partial charge in [-0.05, 0) is 62.6 Å². The Bertz CT molecular complexity index is 1070. The van der Waals surface area contributed by atoms with Crippen LogP contribution < -0.4 is 16.0 Å². The van der Waals surface area contributed by atoms with Gasteiger partial charge in [-0.25, -0.2) is 0 Å². The lowest BCUT2D eigenvalue weighted by atomic mass is 10.0. The predicted molar refractivity (Wildman–Crippen MR) is 145 cm³/mol. The van der Waals surface area contributed by atoms with Crippen LogP contribution in [0.15, 0.2) is 48.5 Å². The quantitative estimate of drug-likeness (QED) is 0.465. The average molecular weight is 461 g/mol. The van der Waals surface area contributed by atoms with Gasteiger partial charge in [0.1, 0.15) is 0 Å². The van der Waals surface area contributed by atoms with E-state index in [9.17, 15) is 0 Å². The molecule has 2 saturated heterocycles. The molecule has 0 bridgehead atoms. The van der Waals surface area contributed by atoms with E-state index in [0.717, 1.165) is 36.5 Å². The molecule has 0 spiro atoms. The number of H-pyrrole nitrogens is 1. The zero-order valence-electron chi connectivity index (χ0n) is 20.8. The van der Waals surface area contributed by atoms with Gasteiger partial charge in [-0.1, -0.05) is 18.2 Å². The Morgan fingerprint density at radius 3 is 2.53 bits per heavy atom. The number of fused-ring (bicyclic) bond motifs is 1. The smallest absolute Gasteiger partial charge is 0.0479 e. The van der Waals surface area contributed by atoms with Crippen LogP contribution in [0.3, 0.4) is 0 Å². The number of anilines is 2. The highest BCUT2D eigenvalue weighted by molar-refractivity contribution is 5.88. The van der Waals surface area contributed by atoms with Crippen LogP contribution in [0.5, 0.6) is 0 Å². The maximum atomic E-state index is 5.95. The average Bonchev–Trinajstić information content (AvgIpc) is 3.28. The molecule has 4 N–H and O–H groups in total. The number of hydrogen-bond acceptors (Lipinski definition) is 5. The first-order chi connectivity index (χ1) is 16.5. The summed E-state index contributed by atoms with van der Waals surface area (Å²) >= 11 is 0. The molecule has 0 atom stereocenters. The molecule has 5 rings (SSSR count). The second kappa shape index (κ2) is 10.4. The van der Waals surface area contributed by atoms with E-state index >= 15 is 0 Å². The molecule has 3 heterocycles. The molecule has 0 aliphatic carbocycles. The van der Waals surface area contributed by atoms with Crippen molar-refractivity contribution in [3.05, 3.63) is 48.5 Å². The number of hydrogen-bond donors (Lipinski definition) is 3. The molecule has 0 amide bonds. The Balaban J connectivity index is 1.10. The highest BCUT2D eigenvalue weighted by Crippen LogP contribution is 2.29. The van der Waals surface area contributed by atoms with Gasteiger partial charge in [0.2, 0.25) is 0 Å². The van der Waals surface area contributed by atoms with Crippen molar-refractivity contribution in [3.63, 3.8) is 0 Å². The molecule has 182 valence electrons. The molecular formula is C28H40N6. The van der Waals surface area contributed by atoms with Crippen molar-refractivity contribution >= 4 is 22.3 Å². The fourth-order valence-electron chi connectivity index (χ4n) is 5.44. The largest absolute Gasteiger partial charge is 0.399 e. The van der Waals surface area contributed by atoms with Crippen molar-refractivity contribution in [1.29, 1.82) is 0 Å². The number of nitrogens with one attached hydrogen (secondary N) is 2. The monoisotopic (exact) mass is 460 g/mol. The van der Waals surface area contributed by atoms with E-state index < -0.39 is 0 Å². The topological polar surface area (TPSA) is 63.6 Å². The summed E-state index contributed by atoms with van der Waals surface area (Å²) < 4.78 is 0. The Morgan fingerprint density at radius 1 is 0.971 bits per heavy atom. The van der Waals surface area contributed by atoms with Gasteiger partial charge in [0.05, 0.1) is 0 Å². The highest BCUT2D eigenvalue weighted by atomic mass is 15.3. The van der Waals surface area contributed by atoms with Crippen LogP contribution in [0.4, 0.5) is 11.4 Å². The van der Waals surface area contributed by atoms with Gasteiger partial charge in [-0.3, -0.25) is 9.80 Å². The van der Waals surface area contributed by atoms with Gasteiger partial charge in [-0.15, -0.1) is 0 Å². The Morgan fingerprint density at radius 2 is 1.76 bits per heavy atom. The van der Waals surface area contributed by atoms with Crippen LogP contribution >= 0.6 is 0 Å². The fourth-order valence-corrected chi connectivity index (χ4v) is 5.44. The molecule has 1 aromatic heterocycles. The van der Waals surface area contributed by atoms with E-state index in [-0.39, 0.29) is 0 Å². The first kappa shape index (κ1) is 23.2. The van der Waals surface area contributed by atoms with Crippen LogP contribution in [0.1, 0.15) is 26.7 Å². The lowest BCUT2D eigenvalue weighted by Gasteiger charge is -2.37. The summed E-state index contributed by atoms with van der Waals surface area (Å²) in [6.07, 6.45) is 2.41. The second-order valence-corrected chi connectivity index (χ2v) is 10.3. The number of aromatic nitrogens is 1. The minimum Gasteiger partial charge on any atom is -0.399 e. The van der Waals surface area contributed by atoms with Crippen LogP contribution in [0.25, 0.3) is 22.2 Å². The van der Waals surface area contributed by atoms with E-state index in [4.69, 9.17) is 5.73 Å². The Kier molecular flexibility index (Phi) is 7.09. The molecule has 2 aliphatic rings. The summed E-state index contributed by atoms with van der Waals surface area (Å²) in [7, 11) is 0. The molecule has 34 heavy (non-hydrogen) atoms. The zero-order chi connectivity index (χ0) is 23.5. The van der Waals surface area contributed by atoms with Gasteiger partial charge >= 0.3 is 0 Å². The third kappa shape index (κ3) is 5.40. The van der Waals surface area contributed by atoms with Crippen molar-refractivity contribution < 1.29 is 0 Å². The number of nitrogens with zero attached hydrogens (tertiary/aromatic N) is 3. The van der Waals surface area contributed by atoms with Crippen LogP contribution in [-0.2, 0) is 0 Å². The summed E-state index contributed by atoms with van der Waals surface area (Å²) in [4.78, 5) is 11.3. The molecule has 6 heteroatoms. The third-order valence-electron chi connectivity index (χ3n) is 7.66. The summed E-state index contributed by atoms with van der Waals surface area (Å²) in [6, 6.07) is 18.5. The number of nitrogens with two attached hydrogens (primary N) is 1. The van der Waals surface area contributed by atoms with Crippen molar-refractivity contribution in [1.82, 2.24) is 20.1 Å². The SMILES string of the molecule is CC(C)N1CCN(CCNC2CCN(c3cccc(-c4cc5ccc(N)cc5[nH]4)c3)CC2)CC1. The summed E-state index contributed by atoms with van der Waals surface area (Å²) in [5, 5.41) is 5.03. The van der Waals surface area contributed by atoms with Gasteiger partial charge in [0.25, 0.3) is 0 Å². The minimum atomic E-state index is 0.635. The summed E-state index contributed by atoms with van der Waals surface area (Å²) in [6.45, 7) is 13.9. The maximum absolute atomic E-state index is 5.95. The second-order valence-electron chi connectivity index (χ2n) is 10.3. The van der Waals surface area contributed by atoms with Crippen LogP contribution in [0, 0.1) is 0 Å². The fraction of sp³-hybridized carbons (Fsp3) is 0.500. The maximum Gasteiger partial charge on any atom is 0.0479 e. The molecule has 2 fully saturated rings. The third-order valence-corrected chi connectivity index (χ3v) is 7.66. The number of nitrogen functional groups attached to an aromatic ring is 1. The van der Waals surface area contributed by atoms with Crippen LogP contribution in [-0.4, -0.2) is 79.2 Å². The molecule has 0 radical (unpaired) electrons. The van der Waals surface area contributed by atoms with Crippen molar-refractivity contribution in [2.45, 2.75) is 38.8 Å². The summed E-state index contributed by atoms with van der Waals surface area (Å²) in [5.74, 6) is 0. The zero-order valence-corrected chi connectivity index (χ0v) is 20.8. The standard InChI is InChI=1S/C28H40N6/c1-21(2)33-16-14-32(15-17-33)13-10-30-25-8-11-34(12-9-25)26-5-3-4-22(18-26)27-19-23-6-7-24(29)20-28(23)31-27/h3-7,18-21,25,30-31H,8-17,29H2,1-2H3. The van der Waals surface area contributed by atoms with Crippen molar-refractivity contribution in [2.75, 3.05) is 63.0 Å². The molecule has 2 aromatic carbocycles. The number of piperazine rings is 1.